The molecule has 1 aliphatic rings. The van der Waals surface area contributed by atoms with Crippen LogP contribution in [0.5, 0.6) is 0 Å². The third-order valence-electron chi connectivity index (χ3n) is 3.57. The molecule has 1 heterocycles. The number of aliphatic carboxylic acids is 1. The fourth-order valence-electron chi connectivity index (χ4n) is 2.67. The van der Waals surface area contributed by atoms with E-state index in [4.69, 9.17) is 5.11 Å². The summed E-state index contributed by atoms with van der Waals surface area (Å²) in [5.74, 6) is 0.702. The quantitative estimate of drug-likeness (QED) is 0.801. The first-order chi connectivity index (χ1) is 8.69. The van der Waals surface area contributed by atoms with Crippen LogP contribution in [0.15, 0.2) is 30.3 Å². The number of benzene rings is 1. The summed E-state index contributed by atoms with van der Waals surface area (Å²) in [6.45, 7) is 2.73. The number of carbonyl (C=O) groups is 1. The lowest BCUT2D eigenvalue weighted by Crippen LogP contribution is -2.20. The monoisotopic (exact) mass is 265 g/mol. The van der Waals surface area contributed by atoms with Crippen LogP contribution in [0.25, 0.3) is 0 Å². The van der Waals surface area contributed by atoms with E-state index in [9.17, 15) is 4.79 Å². The van der Waals surface area contributed by atoms with Crippen molar-refractivity contribution in [3.63, 3.8) is 0 Å². The Morgan fingerprint density at radius 2 is 1.94 bits per heavy atom. The maximum Gasteiger partial charge on any atom is 0.303 e. The molecule has 0 aliphatic carbocycles. The number of thiol groups is 1. The molecule has 1 saturated heterocycles. The molecule has 1 fully saturated rings. The number of hydrogen-bond acceptors (Lipinski definition) is 3. The Kier molecular flexibility index (Phi) is 4.66. The first-order valence-electron chi connectivity index (χ1n) is 6.28. The summed E-state index contributed by atoms with van der Waals surface area (Å²) in [5, 5.41) is 8.92. The molecule has 3 nitrogen and oxygen atoms in total. The standard InChI is InChI=1S/C14H19NO2S/c16-14(17)6-12-8-15(9-13(12)10-18)7-11-4-2-1-3-5-11/h1-5,12-13,18H,6-10H2,(H,16,17). The summed E-state index contributed by atoms with van der Waals surface area (Å²) >= 11 is 4.34. The summed E-state index contributed by atoms with van der Waals surface area (Å²) in [6, 6.07) is 10.3. The van der Waals surface area contributed by atoms with Crippen molar-refractivity contribution in [3.05, 3.63) is 35.9 Å². The molecular weight excluding hydrogens is 246 g/mol. The van der Waals surface area contributed by atoms with Gasteiger partial charge in [0.25, 0.3) is 0 Å². The van der Waals surface area contributed by atoms with E-state index in [1.807, 2.05) is 18.2 Å². The number of carboxylic acids is 1. The van der Waals surface area contributed by atoms with Gasteiger partial charge in [-0.05, 0) is 23.2 Å². The Bertz CT molecular complexity index is 396. The molecule has 2 unspecified atom stereocenters. The van der Waals surface area contributed by atoms with E-state index in [0.717, 1.165) is 25.4 Å². The van der Waals surface area contributed by atoms with Crippen LogP contribution in [0.2, 0.25) is 0 Å². The SMILES string of the molecule is O=C(O)CC1CN(Cc2ccccc2)CC1CS. The highest BCUT2D eigenvalue weighted by Gasteiger charge is 2.32. The third-order valence-corrected chi connectivity index (χ3v) is 4.04. The van der Waals surface area contributed by atoms with E-state index in [1.54, 1.807) is 0 Å². The van der Waals surface area contributed by atoms with Crippen LogP contribution in [-0.2, 0) is 11.3 Å². The number of hydrogen-bond donors (Lipinski definition) is 2. The van der Waals surface area contributed by atoms with Crippen molar-refractivity contribution in [1.29, 1.82) is 0 Å². The molecule has 0 bridgehead atoms. The fourth-order valence-corrected chi connectivity index (χ4v) is 3.08. The molecule has 1 aliphatic heterocycles. The Hall–Kier alpha value is -1.00. The second-order valence-electron chi connectivity index (χ2n) is 4.98. The molecule has 0 aromatic heterocycles. The minimum Gasteiger partial charge on any atom is -0.481 e. The van der Waals surface area contributed by atoms with Gasteiger partial charge in [0, 0.05) is 26.1 Å². The Morgan fingerprint density at radius 3 is 2.56 bits per heavy atom. The van der Waals surface area contributed by atoms with E-state index in [2.05, 4.69) is 29.7 Å². The Labute approximate surface area is 113 Å². The minimum absolute atomic E-state index is 0.240. The summed E-state index contributed by atoms with van der Waals surface area (Å²) < 4.78 is 0. The van der Waals surface area contributed by atoms with Crippen molar-refractivity contribution in [3.8, 4) is 0 Å². The lowest BCUT2D eigenvalue weighted by molar-refractivity contribution is -0.138. The molecule has 1 aromatic rings. The normalized spacial score (nSPS) is 24.3. The second-order valence-corrected chi connectivity index (χ2v) is 5.35. The van der Waals surface area contributed by atoms with E-state index in [1.165, 1.54) is 5.56 Å². The van der Waals surface area contributed by atoms with Crippen LogP contribution < -0.4 is 0 Å². The van der Waals surface area contributed by atoms with Crippen LogP contribution in [0, 0.1) is 11.8 Å². The lowest BCUT2D eigenvalue weighted by atomic mass is 9.95. The smallest absolute Gasteiger partial charge is 0.303 e. The van der Waals surface area contributed by atoms with Crippen LogP contribution in [0.1, 0.15) is 12.0 Å². The summed E-state index contributed by atoms with van der Waals surface area (Å²) in [7, 11) is 0. The van der Waals surface area contributed by atoms with Gasteiger partial charge in [-0.25, -0.2) is 0 Å². The third kappa shape index (κ3) is 3.50. The molecule has 0 spiro atoms. The summed E-state index contributed by atoms with van der Waals surface area (Å²) in [5.41, 5.74) is 1.28. The zero-order chi connectivity index (χ0) is 13.0. The highest BCUT2D eigenvalue weighted by atomic mass is 32.1. The van der Waals surface area contributed by atoms with E-state index < -0.39 is 5.97 Å². The maximum atomic E-state index is 10.8. The van der Waals surface area contributed by atoms with Crippen molar-refractivity contribution >= 4 is 18.6 Å². The molecule has 1 aromatic carbocycles. The maximum absolute atomic E-state index is 10.8. The predicted molar refractivity (Wildman–Crippen MR) is 74.8 cm³/mol. The summed E-state index contributed by atoms with van der Waals surface area (Å²) in [4.78, 5) is 13.2. The first kappa shape index (κ1) is 13.4. The van der Waals surface area contributed by atoms with E-state index in [-0.39, 0.29) is 12.3 Å². The average molecular weight is 265 g/mol. The zero-order valence-electron chi connectivity index (χ0n) is 10.3. The van der Waals surface area contributed by atoms with Crippen LogP contribution in [0.3, 0.4) is 0 Å². The van der Waals surface area contributed by atoms with Gasteiger partial charge in [-0.15, -0.1) is 0 Å². The highest BCUT2D eigenvalue weighted by Crippen LogP contribution is 2.28. The van der Waals surface area contributed by atoms with Gasteiger partial charge < -0.3 is 5.11 Å². The number of nitrogens with zero attached hydrogens (tertiary/aromatic N) is 1. The molecule has 0 amide bonds. The van der Waals surface area contributed by atoms with Gasteiger partial charge in [-0.1, -0.05) is 30.3 Å². The number of carboxylic acid groups (broad SMARTS) is 1. The topological polar surface area (TPSA) is 40.5 Å². The fraction of sp³-hybridized carbons (Fsp3) is 0.500. The van der Waals surface area contributed by atoms with Crippen molar-refractivity contribution in [2.45, 2.75) is 13.0 Å². The van der Waals surface area contributed by atoms with Gasteiger partial charge in [-0.3, -0.25) is 9.69 Å². The Morgan fingerprint density at radius 1 is 1.28 bits per heavy atom. The second kappa shape index (κ2) is 6.25. The first-order valence-corrected chi connectivity index (χ1v) is 6.91. The minimum atomic E-state index is -0.701. The molecule has 0 radical (unpaired) electrons. The van der Waals surface area contributed by atoms with Crippen LogP contribution >= 0.6 is 12.6 Å². The van der Waals surface area contributed by atoms with Gasteiger partial charge in [0.1, 0.15) is 0 Å². The largest absolute Gasteiger partial charge is 0.481 e. The van der Waals surface area contributed by atoms with E-state index in [0.29, 0.717) is 5.92 Å². The molecule has 98 valence electrons. The van der Waals surface area contributed by atoms with Gasteiger partial charge in [0.15, 0.2) is 0 Å². The van der Waals surface area contributed by atoms with Gasteiger partial charge in [-0.2, -0.15) is 12.6 Å². The van der Waals surface area contributed by atoms with Gasteiger partial charge in [0.05, 0.1) is 0 Å². The molecule has 0 saturated carbocycles. The van der Waals surface area contributed by atoms with Gasteiger partial charge in [0.2, 0.25) is 0 Å². The van der Waals surface area contributed by atoms with Gasteiger partial charge >= 0.3 is 5.97 Å². The van der Waals surface area contributed by atoms with Crippen molar-refractivity contribution in [2.24, 2.45) is 11.8 Å². The van der Waals surface area contributed by atoms with E-state index >= 15 is 0 Å². The highest BCUT2D eigenvalue weighted by molar-refractivity contribution is 7.80. The molecule has 4 heteroatoms. The number of likely N-dealkylation sites (tertiary alicyclic amines) is 1. The van der Waals surface area contributed by atoms with Crippen molar-refractivity contribution in [2.75, 3.05) is 18.8 Å². The molecule has 1 N–H and O–H groups in total. The molecular formula is C14H19NO2S. The predicted octanol–water partition coefficient (Wildman–Crippen LogP) is 2.14. The number of rotatable bonds is 5. The molecule has 2 atom stereocenters. The molecule has 18 heavy (non-hydrogen) atoms. The zero-order valence-corrected chi connectivity index (χ0v) is 11.2. The lowest BCUT2D eigenvalue weighted by Gasteiger charge is -2.15. The Balaban J connectivity index is 1.94. The summed E-state index contributed by atoms with van der Waals surface area (Å²) in [6.07, 6.45) is 0.260. The van der Waals surface area contributed by atoms with Crippen molar-refractivity contribution < 1.29 is 9.90 Å². The van der Waals surface area contributed by atoms with Crippen molar-refractivity contribution in [1.82, 2.24) is 4.90 Å². The van der Waals surface area contributed by atoms with Crippen LogP contribution in [-0.4, -0.2) is 34.8 Å². The average Bonchev–Trinajstić information content (AvgIpc) is 2.71. The molecule has 2 rings (SSSR count). The van der Waals surface area contributed by atoms with Crippen LogP contribution in [0.4, 0.5) is 0 Å².